The van der Waals surface area contributed by atoms with Gasteiger partial charge < -0.3 is 10.1 Å². The standard InChI is InChI=1S/C18H18FN3O3/c1-25-14-8-6-13(7-9-14)12-20-22-18(24)11-10-17(23)21-16-5-3-2-4-15(16)19/h2-9,12H,10-11H2,1H3,(H,21,23)(H,22,24). The van der Waals surface area contributed by atoms with Gasteiger partial charge in [-0.25, -0.2) is 9.82 Å². The molecule has 2 N–H and O–H groups in total. The number of methoxy groups -OCH3 is 1. The van der Waals surface area contributed by atoms with Crippen molar-refractivity contribution in [1.82, 2.24) is 5.43 Å². The SMILES string of the molecule is COc1ccc(C=NNC(=O)CCC(=O)Nc2ccccc2F)cc1. The normalized spacial score (nSPS) is 10.5. The Morgan fingerprint density at radius 2 is 1.76 bits per heavy atom. The van der Waals surface area contributed by atoms with Crippen LogP contribution < -0.4 is 15.5 Å². The maximum Gasteiger partial charge on any atom is 0.240 e. The largest absolute Gasteiger partial charge is 0.497 e. The molecule has 0 aliphatic rings. The van der Waals surface area contributed by atoms with E-state index in [2.05, 4.69) is 15.8 Å². The fraction of sp³-hybridized carbons (Fsp3) is 0.167. The first-order valence-corrected chi connectivity index (χ1v) is 7.59. The van der Waals surface area contributed by atoms with Crippen LogP contribution in [0.4, 0.5) is 10.1 Å². The predicted octanol–water partition coefficient (Wildman–Crippen LogP) is 2.70. The lowest BCUT2D eigenvalue weighted by atomic mass is 10.2. The fourth-order valence-corrected chi connectivity index (χ4v) is 1.93. The van der Waals surface area contributed by atoms with Crippen LogP contribution >= 0.6 is 0 Å². The molecule has 2 amide bonds. The number of anilines is 1. The fourth-order valence-electron chi connectivity index (χ4n) is 1.93. The van der Waals surface area contributed by atoms with Crippen LogP contribution in [-0.2, 0) is 9.59 Å². The molecule has 2 aromatic rings. The number of hydrazone groups is 1. The van der Waals surface area contributed by atoms with E-state index in [0.717, 1.165) is 11.3 Å². The number of nitrogens with zero attached hydrogens (tertiary/aromatic N) is 1. The van der Waals surface area contributed by atoms with Gasteiger partial charge in [0.1, 0.15) is 11.6 Å². The Balaban J connectivity index is 1.73. The summed E-state index contributed by atoms with van der Waals surface area (Å²) in [5.74, 6) is -0.653. The van der Waals surface area contributed by atoms with Crippen molar-refractivity contribution in [3.8, 4) is 5.75 Å². The quantitative estimate of drug-likeness (QED) is 0.599. The molecule has 0 aliphatic heterocycles. The van der Waals surface area contributed by atoms with Crippen molar-refractivity contribution in [3.05, 3.63) is 59.9 Å². The Morgan fingerprint density at radius 1 is 1.08 bits per heavy atom. The zero-order chi connectivity index (χ0) is 18.1. The zero-order valence-corrected chi connectivity index (χ0v) is 13.7. The van der Waals surface area contributed by atoms with Gasteiger partial charge in [0.2, 0.25) is 11.8 Å². The molecular weight excluding hydrogens is 325 g/mol. The Kier molecular flexibility index (Phi) is 6.65. The van der Waals surface area contributed by atoms with Crippen LogP contribution in [0.1, 0.15) is 18.4 Å². The van der Waals surface area contributed by atoms with Crippen molar-refractivity contribution in [2.45, 2.75) is 12.8 Å². The van der Waals surface area contributed by atoms with Crippen LogP contribution in [0.3, 0.4) is 0 Å². The number of halogens is 1. The number of nitrogens with one attached hydrogen (secondary N) is 2. The Bertz CT molecular complexity index is 760. The number of para-hydroxylation sites is 1. The predicted molar refractivity (Wildman–Crippen MR) is 93.0 cm³/mol. The van der Waals surface area contributed by atoms with Gasteiger partial charge in [0.15, 0.2) is 0 Å². The van der Waals surface area contributed by atoms with Crippen molar-refractivity contribution in [1.29, 1.82) is 0 Å². The molecule has 0 bridgehead atoms. The van der Waals surface area contributed by atoms with E-state index in [1.54, 1.807) is 37.4 Å². The first kappa shape index (κ1) is 18.1. The third-order valence-corrected chi connectivity index (χ3v) is 3.25. The number of ether oxygens (including phenoxy) is 1. The molecule has 0 fully saturated rings. The van der Waals surface area contributed by atoms with Gasteiger partial charge in [-0.2, -0.15) is 5.10 Å². The highest BCUT2D eigenvalue weighted by molar-refractivity contribution is 5.93. The van der Waals surface area contributed by atoms with Crippen molar-refractivity contribution in [3.63, 3.8) is 0 Å². The van der Waals surface area contributed by atoms with Crippen molar-refractivity contribution in [2.75, 3.05) is 12.4 Å². The summed E-state index contributed by atoms with van der Waals surface area (Å²) >= 11 is 0. The summed E-state index contributed by atoms with van der Waals surface area (Å²) in [7, 11) is 1.58. The van der Waals surface area contributed by atoms with Gasteiger partial charge in [0, 0.05) is 12.8 Å². The van der Waals surface area contributed by atoms with Crippen LogP contribution in [0.25, 0.3) is 0 Å². The van der Waals surface area contributed by atoms with Gasteiger partial charge in [0.25, 0.3) is 0 Å². The van der Waals surface area contributed by atoms with Crippen LogP contribution in [0.2, 0.25) is 0 Å². The number of amides is 2. The highest BCUT2D eigenvalue weighted by Crippen LogP contribution is 2.13. The third kappa shape index (κ3) is 6.06. The van der Waals surface area contributed by atoms with Gasteiger partial charge in [0.05, 0.1) is 19.0 Å². The maximum absolute atomic E-state index is 13.4. The topological polar surface area (TPSA) is 79.8 Å². The first-order valence-electron chi connectivity index (χ1n) is 7.59. The molecule has 0 radical (unpaired) electrons. The smallest absolute Gasteiger partial charge is 0.240 e. The van der Waals surface area contributed by atoms with E-state index < -0.39 is 17.6 Å². The van der Waals surface area contributed by atoms with Crippen LogP contribution in [0.5, 0.6) is 5.75 Å². The number of hydrogen-bond acceptors (Lipinski definition) is 4. The maximum atomic E-state index is 13.4. The molecule has 0 spiro atoms. The third-order valence-electron chi connectivity index (χ3n) is 3.25. The summed E-state index contributed by atoms with van der Waals surface area (Å²) in [5.41, 5.74) is 3.21. The van der Waals surface area contributed by atoms with Crippen LogP contribution in [0.15, 0.2) is 53.6 Å². The van der Waals surface area contributed by atoms with Crippen molar-refractivity contribution < 1.29 is 18.7 Å². The van der Waals surface area contributed by atoms with E-state index in [1.807, 2.05) is 0 Å². The molecule has 0 unspecified atom stereocenters. The lowest BCUT2D eigenvalue weighted by Gasteiger charge is -2.05. The Labute approximate surface area is 144 Å². The molecule has 6 nitrogen and oxygen atoms in total. The summed E-state index contributed by atoms with van der Waals surface area (Å²) in [6, 6.07) is 13.0. The molecule has 0 saturated heterocycles. The van der Waals surface area contributed by atoms with Gasteiger partial charge in [-0.3, -0.25) is 9.59 Å². The van der Waals surface area contributed by atoms with Crippen molar-refractivity contribution >= 4 is 23.7 Å². The average molecular weight is 343 g/mol. The summed E-state index contributed by atoms with van der Waals surface area (Å²) in [4.78, 5) is 23.4. The number of benzene rings is 2. The zero-order valence-electron chi connectivity index (χ0n) is 13.7. The molecule has 0 aliphatic carbocycles. The second-order valence-electron chi connectivity index (χ2n) is 5.09. The number of hydrogen-bond donors (Lipinski definition) is 2. The minimum Gasteiger partial charge on any atom is -0.497 e. The second-order valence-corrected chi connectivity index (χ2v) is 5.09. The number of carbonyl (C=O) groups excluding carboxylic acids is 2. The molecule has 2 rings (SSSR count). The molecule has 0 heterocycles. The summed E-state index contributed by atoms with van der Waals surface area (Å²) < 4.78 is 18.4. The Hall–Kier alpha value is -3.22. The Morgan fingerprint density at radius 3 is 2.44 bits per heavy atom. The highest BCUT2D eigenvalue weighted by atomic mass is 19.1. The molecule has 0 atom stereocenters. The van der Waals surface area contributed by atoms with Crippen molar-refractivity contribution in [2.24, 2.45) is 5.10 Å². The van der Waals surface area contributed by atoms with Gasteiger partial charge in [-0.15, -0.1) is 0 Å². The summed E-state index contributed by atoms with van der Waals surface area (Å²) in [5, 5.41) is 6.23. The van der Waals surface area contributed by atoms with Gasteiger partial charge in [-0.1, -0.05) is 12.1 Å². The molecule has 130 valence electrons. The molecule has 0 saturated carbocycles. The van der Waals surface area contributed by atoms with E-state index in [0.29, 0.717) is 0 Å². The number of rotatable bonds is 7. The lowest BCUT2D eigenvalue weighted by Crippen LogP contribution is -2.20. The number of carbonyl (C=O) groups is 2. The highest BCUT2D eigenvalue weighted by Gasteiger charge is 2.08. The average Bonchev–Trinajstić information content (AvgIpc) is 2.62. The monoisotopic (exact) mass is 343 g/mol. The van der Waals surface area contributed by atoms with E-state index in [4.69, 9.17) is 4.74 Å². The van der Waals surface area contributed by atoms with E-state index in [9.17, 15) is 14.0 Å². The van der Waals surface area contributed by atoms with Crippen LogP contribution in [0, 0.1) is 5.82 Å². The lowest BCUT2D eigenvalue weighted by molar-refractivity contribution is -0.124. The first-order chi connectivity index (χ1) is 12.1. The molecule has 0 aromatic heterocycles. The summed E-state index contributed by atoms with van der Waals surface area (Å²) in [6.45, 7) is 0. The molecule has 7 heteroatoms. The van der Waals surface area contributed by atoms with E-state index in [1.165, 1.54) is 24.4 Å². The van der Waals surface area contributed by atoms with Gasteiger partial charge >= 0.3 is 0 Å². The van der Waals surface area contributed by atoms with E-state index >= 15 is 0 Å². The molecule has 2 aromatic carbocycles. The van der Waals surface area contributed by atoms with Crippen LogP contribution in [-0.4, -0.2) is 25.1 Å². The molecular formula is C18H18FN3O3. The van der Waals surface area contributed by atoms with Gasteiger partial charge in [-0.05, 0) is 42.0 Å². The van der Waals surface area contributed by atoms with E-state index in [-0.39, 0.29) is 18.5 Å². The molecule has 25 heavy (non-hydrogen) atoms. The summed E-state index contributed by atoms with van der Waals surface area (Å²) in [6.07, 6.45) is 1.36. The minimum atomic E-state index is -0.524. The minimum absolute atomic E-state index is 0.0553. The second kappa shape index (κ2) is 9.17.